The number of carbonyl (C=O) groups excluding carboxylic acids is 1. The van der Waals surface area contributed by atoms with E-state index in [0.29, 0.717) is 11.3 Å². The van der Waals surface area contributed by atoms with Gasteiger partial charge in [-0.05, 0) is 55.9 Å². The van der Waals surface area contributed by atoms with Gasteiger partial charge in [-0.25, -0.2) is 4.79 Å². The number of carbonyl (C=O) groups is 1. The molecule has 0 aromatic heterocycles. The van der Waals surface area contributed by atoms with Crippen molar-refractivity contribution in [1.29, 1.82) is 0 Å². The van der Waals surface area contributed by atoms with E-state index in [1.54, 1.807) is 0 Å². The molecule has 0 unspecified atom stereocenters. The Morgan fingerprint density at radius 2 is 2.24 bits per heavy atom. The molecule has 3 aliphatic rings. The number of hydrogen-bond acceptors (Lipinski definition) is 2. The van der Waals surface area contributed by atoms with Crippen LogP contribution in [0.1, 0.15) is 46.0 Å². The second-order valence-corrected chi connectivity index (χ2v) is 6.17. The summed E-state index contributed by atoms with van der Waals surface area (Å²) in [6.07, 6.45) is 5.70. The molecule has 0 amide bonds. The molecule has 92 valence electrons. The largest absolute Gasteiger partial charge is 0.454 e. The van der Waals surface area contributed by atoms with Gasteiger partial charge in [0.25, 0.3) is 0 Å². The van der Waals surface area contributed by atoms with Crippen LogP contribution in [0.4, 0.5) is 0 Å². The van der Waals surface area contributed by atoms with Crippen molar-refractivity contribution < 1.29 is 9.53 Å². The monoisotopic (exact) mass is 232 g/mol. The Kier molecular flexibility index (Phi) is 2.26. The van der Waals surface area contributed by atoms with E-state index in [4.69, 9.17) is 4.74 Å². The molecule has 2 nitrogen and oxygen atoms in total. The Labute approximate surface area is 103 Å². The van der Waals surface area contributed by atoms with Gasteiger partial charge in [0.2, 0.25) is 0 Å². The highest BCUT2D eigenvalue weighted by Crippen LogP contribution is 2.55. The van der Waals surface area contributed by atoms with Crippen molar-refractivity contribution in [2.24, 2.45) is 11.3 Å². The van der Waals surface area contributed by atoms with E-state index >= 15 is 0 Å². The molecule has 0 bridgehead atoms. The predicted octanol–water partition coefficient (Wildman–Crippen LogP) is 3.38. The third-order valence-electron chi connectivity index (χ3n) is 5.08. The Bertz CT molecular complexity index is 432. The molecular formula is C15H20O2. The van der Waals surface area contributed by atoms with Crippen molar-refractivity contribution in [1.82, 2.24) is 0 Å². The molecule has 0 N–H and O–H groups in total. The smallest absolute Gasteiger partial charge is 0.334 e. The lowest BCUT2D eigenvalue weighted by atomic mass is 9.57. The fraction of sp³-hybridized carbons (Fsp3) is 0.667. The quantitative estimate of drug-likeness (QED) is 0.472. The Hall–Kier alpha value is -1.05. The molecule has 0 saturated heterocycles. The molecule has 17 heavy (non-hydrogen) atoms. The highest BCUT2D eigenvalue weighted by atomic mass is 16.5. The van der Waals surface area contributed by atoms with Crippen LogP contribution in [0.25, 0.3) is 0 Å². The van der Waals surface area contributed by atoms with Gasteiger partial charge < -0.3 is 4.74 Å². The minimum Gasteiger partial charge on any atom is -0.454 e. The normalized spacial score (nSPS) is 41.1. The van der Waals surface area contributed by atoms with Crippen LogP contribution in [-0.2, 0) is 9.53 Å². The summed E-state index contributed by atoms with van der Waals surface area (Å²) in [4.78, 5) is 11.6. The van der Waals surface area contributed by atoms with E-state index in [0.717, 1.165) is 24.8 Å². The minimum absolute atomic E-state index is 0.0645. The van der Waals surface area contributed by atoms with E-state index in [1.807, 2.05) is 6.92 Å². The number of rotatable bonds is 0. The van der Waals surface area contributed by atoms with Gasteiger partial charge in [-0.15, -0.1) is 0 Å². The lowest BCUT2D eigenvalue weighted by Gasteiger charge is -2.48. The zero-order valence-electron chi connectivity index (χ0n) is 10.7. The molecule has 2 saturated carbocycles. The van der Waals surface area contributed by atoms with Crippen molar-refractivity contribution in [2.45, 2.75) is 52.1 Å². The number of esters is 1. The molecule has 0 aromatic carbocycles. The third-order valence-corrected chi connectivity index (χ3v) is 5.08. The van der Waals surface area contributed by atoms with Gasteiger partial charge in [0, 0.05) is 5.57 Å². The van der Waals surface area contributed by atoms with Crippen LogP contribution in [0, 0.1) is 11.3 Å². The molecule has 2 heteroatoms. The molecule has 2 fully saturated rings. The first-order chi connectivity index (χ1) is 8.01. The van der Waals surface area contributed by atoms with Crippen LogP contribution < -0.4 is 0 Å². The maximum absolute atomic E-state index is 11.6. The fourth-order valence-corrected chi connectivity index (χ4v) is 3.95. The second-order valence-electron chi connectivity index (χ2n) is 6.17. The zero-order valence-corrected chi connectivity index (χ0v) is 10.7. The number of hydrogen-bond donors (Lipinski definition) is 0. The van der Waals surface area contributed by atoms with Gasteiger partial charge in [-0.2, -0.15) is 0 Å². The van der Waals surface area contributed by atoms with Crippen LogP contribution >= 0.6 is 0 Å². The van der Waals surface area contributed by atoms with E-state index in [9.17, 15) is 4.79 Å². The summed E-state index contributed by atoms with van der Waals surface area (Å²) in [6.45, 7) is 8.51. The topological polar surface area (TPSA) is 26.3 Å². The first-order valence-corrected chi connectivity index (χ1v) is 6.59. The first kappa shape index (κ1) is 11.1. The van der Waals surface area contributed by atoms with Crippen LogP contribution in [-0.4, -0.2) is 12.1 Å². The van der Waals surface area contributed by atoms with E-state index in [2.05, 4.69) is 13.5 Å². The summed E-state index contributed by atoms with van der Waals surface area (Å²) in [6, 6.07) is 0. The summed E-state index contributed by atoms with van der Waals surface area (Å²) >= 11 is 0. The summed E-state index contributed by atoms with van der Waals surface area (Å²) in [7, 11) is 0. The Morgan fingerprint density at radius 1 is 1.47 bits per heavy atom. The van der Waals surface area contributed by atoms with Crippen molar-refractivity contribution in [2.75, 3.05) is 0 Å². The standard InChI is InChI=1S/C15H20O2/c1-9-5-4-6-15(3)8-13-11(7-12(9)15)10(2)14(16)17-13/h12-13H,1,4-8H2,2-3H3/t12-,13-,15-/m0/s1. The molecule has 3 atom stereocenters. The molecule has 0 aromatic rings. The molecule has 2 aliphatic carbocycles. The molecular weight excluding hydrogens is 212 g/mol. The van der Waals surface area contributed by atoms with Crippen LogP contribution in [0.5, 0.6) is 0 Å². The van der Waals surface area contributed by atoms with Crippen molar-refractivity contribution >= 4 is 5.97 Å². The van der Waals surface area contributed by atoms with Gasteiger partial charge in [0.1, 0.15) is 6.10 Å². The van der Waals surface area contributed by atoms with E-state index in [-0.39, 0.29) is 12.1 Å². The van der Waals surface area contributed by atoms with Crippen molar-refractivity contribution in [3.8, 4) is 0 Å². The highest BCUT2D eigenvalue weighted by Gasteiger charge is 2.49. The predicted molar refractivity (Wildman–Crippen MR) is 66.4 cm³/mol. The van der Waals surface area contributed by atoms with Gasteiger partial charge in [0.15, 0.2) is 0 Å². The van der Waals surface area contributed by atoms with E-state index < -0.39 is 0 Å². The summed E-state index contributed by atoms with van der Waals surface area (Å²) in [5.41, 5.74) is 3.79. The molecule has 3 rings (SSSR count). The summed E-state index contributed by atoms with van der Waals surface area (Å²) in [5, 5.41) is 0. The fourth-order valence-electron chi connectivity index (χ4n) is 3.95. The third kappa shape index (κ3) is 1.50. The van der Waals surface area contributed by atoms with E-state index in [1.165, 1.54) is 24.0 Å². The number of ether oxygens (including phenoxy) is 1. The van der Waals surface area contributed by atoms with Gasteiger partial charge >= 0.3 is 5.97 Å². The Balaban J connectivity index is 1.97. The van der Waals surface area contributed by atoms with Gasteiger partial charge in [0.05, 0.1) is 0 Å². The zero-order chi connectivity index (χ0) is 12.2. The summed E-state index contributed by atoms with van der Waals surface area (Å²) in [5.74, 6) is 0.463. The van der Waals surface area contributed by atoms with Crippen LogP contribution in [0.3, 0.4) is 0 Å². The maximum Gasteiger partial charge on any atom is 0.334 e. The number of fused-ring (bicyclic) bond motifs is 2. The second kappa shape index (κ2) is 3.47. The lowest BCUT2D eigenvalue weighted by molar-refractivity contribution is -0.141. The molecule has 0 spiro atoms. The Morgan fingerprint density at radius 3 is 3.00 bits per heavy atom. The van der Waals surface area contributed by atoms with Crippen LogP contribution in [0.15, 0.2) is 23.3 Å². The maximum atomic E-state index is 11.6. The van der Waals surface area contributed by atoms with Crippen LogP contribution in [0.2, 0.25) is 0 Å². The number of allylic oxidation sites excluding steroid dienone is 1. The first-order valence-electron chi connectivity index (χ1n) is 6.59. The molecule has 1 heterocycles. The van der Waals surface area contributed by atoms with Gasteiger partial charge in [-0.1, -0.05) is 19.1 Å². The highest BCUT2D eigenvalue weighted by molar-refractivity contribution is 5.91. The van der Waals surface area contributed by atoms with Gasteiger partial charge in [-0.3, -0.25) is 0 Å². The molecule has 0 radical (unpaired) electrons. The van der Waals surface area contributed by atoms with Crippen molar-refractivity contribution in [3.05, 3.63) is 23.3 Å². The summed E-state index contributed by atoms with van der Waals surface area (Å²) < 4.78 is 5.48. The SMILES string of the molecule is C=C1CCC[C@@]2(C)C[C@@H]3OC(=O)C(C)=C3C[C@@H]12. The molecule has 1 aliphatic heterocycles. The average Bonchev–Trinajstić information content (AvgIpc) is 2.52. The van der Waals surface area contributed by atoms with Crippen molar-refractivity contribution in [3.63, 3.8) is 0 Å². The minimum atomic E-state index is -0.0992. The average molecular weight is 232 g/mol. The lowest BCUT2D eigenvalue weighted by Crippen LogP contribution is -2.41.